The van der Waals surface area contributed by atoms with E-state index in [0.29, 0.717) is 26.1 Å². The maximum atomic E-state index is 13.3. The Hall–Kier alpha value is -2.59. The van der Waals surface area contributed by atoms with Crippen LogP contribution in [0, 0.1) is 6.92 Å². The van der Waals surface area contributed by atoms with Crippen LogP contribution in [-0.4, -0.2) is 24.1 Å². The number of aryl methyl sites for hydroxylation is 1. The lowest BCUT2D eigenvalue weighted by molar-refractivity contribution is -0.125. The summed E-state index contributed by atoms with van der Waals surface area (Å²) in [6, 6.07) is 18.1. The predicted octanol–water partition coefficient (Wildman–Crippen LogP) is 4.16. The number of hydrogen-bond donors (Lipinski definition) is 2. The van der Waals surface area contributed by atoms with Crippen LogP contribution in [0.4, 0.5) is 5.69 Å². The summed E-state index contributed by atoms with van der Waals surface area (Å²) in [6.07, 6.45) is 1.41. The summed E-state index contributed by atoms with van der Waals surface area (Å²) in [5.41, 5.74) is 3.57. The predicted molar refractivity (Wildman–Crippen MR) is 99.8 cm³/mol. The third-order valence-electron chi connectivity index (χ3n) is 5.12. The molecule has 25 heavy (non-hydrogen) atoms. The number of anilines is 1. The van der Waals surface area contributed by atoms with Crippen LogP contribution in [0.2, 0.25) is 0 Å². The molecule has 0 spiro atoms. The highest BCUT2D eigenvalue weighted by atomic mass is 16.5. The smallest absolute Gasteiger partial charge is 0.235 e. The Bertz CT molecular complexity index is 893. The van der Waals surface area contributed by atoms with Crippen molar-refractivity contribution in [2.75, 3.05) is 18.5 Å². The second-order valence-electron chi connectivity index (χ2n) is 6.77. The lowest BCUT2D eigenvalue weighted by atomic mass is 9.73. The van der Waals surface area contributed by atoms with E-state index in [2.05, 4.69) is 16.4 Å². The molecule has 0 unspecified atom stereocenters. The van der Waals surface area contributed by atoms with E-state index in [-0.39, 0.29) is 5.91 Å². The fourth-order valence-electron chi connectivity index (χ4n) is 3.73. The zero-order chi connectivity index (χ0) is 17.3. The molecule has 0 saturated carbocycles. The van der Waals surface area contributed by atoms with Crippen molar-refractivity contribution in [2.45, 2.75) is 25.2 Å². The average Bonchev–Trinajstić information content (AvgIpc) is 3.02. The summed E-state index contributed by atoms with van der Waals surface area (Å²) in [5.74, 6) is 0.0496. The number of ether oxygens (including phenoxy) is 1. The molecule has 0 atom stereocenters. The number of carbonyl (C=O) groups excluding carboxylic acids is 1. The summed E-state index contributed by atoms with van der Waals surface area (Å²) in [5, 5.41) is 4.25. The summed E-state index contributed by atoms with van der Waals surface area (Å²) >= 11 is 0. The molecule has 1 amide bonds. The van der Waals surface area contributed by atoms with Gasteiger partial charge >= 0.3 is 0 Å². The van der Waals surface area contributed by atoms with E-state index in [4.69, 9.17) is 4.74 Å². The van der Waals surface area contributed by atoms with E-state index in [0.717, 1.165) is 27.8 Å². The first-order valence-electron chi connectivity index (χ1n) is 8.71. The number of carbonyl (C=O) groups is 1. The largest absolute Gasteiger partial charge is 0.381 e. The van der Waals surface area contributed by atoms with Crippen molar-refractivity contribution >= 4 is 22.5 Å². The molecular weight excluding hydrogens is 312 g/mol. The SMILES string of the molecule is Cc1cc2cc(NC(=O)C3(c4ccccc4)CCOCC3)ccc2[nH]1. The summed E-state index contributed by atoms with van der Waals surface area (Å²) < 4.78 is 5.52. The quantitative estimate of drug-likeness (QED) is 0.755. The number of benzene rings is 2. The van der Waals surface area contributed by atoms with E-state index in [1.807, 2.05) is 55.5 Å². The van der Waals surface area contributed by atoms with Crippen LogP contribution in [0.1, 0.15) is 24.1 Å². The Labute approximate surface area is 147 Å². The molecule has 3 aromatic rings. The van der Waals surface area contributed by atoms with Gasteiger partial charge in [-0.15, -0.1) is 0 Å². The van der Waals surface area contributed by atoms with E-state index >= 15 is 0 Å². The number of H-pyrrole nitrogens is 1. The highest BCUT2D eigenvalue weighted by Gasteiger charge is 2.41. The van der Waals surface area contributed by atoms with Gasteiger partial charge in [-0.1, -0.05) is 30.3 Å². The van der Waals surface area contributed by atoms with Crippen molar-refractivity contribution in [3.8, 4) is 0 Å². The van der Waals surface area contributed by atoms with Crippen molar-refractivity contribution < 1.29 is 9.53 Å². The first kappa shape index (κ1) is 15.9. The molecule has 0 aliphatic carbocycles. The monoisotopic (exact) mass is 334 g/mol. The Kier molecular flexibility index (Phi) is 4.06. The van der Waals surface area contributed by atoms with Crippen molar-refractivity contribution in [3.63, 3.8) is 0 Å². The first-order valence-corrected chi connectivity index (χ1v) is 8.71. The lowest BCUT2D eigenvalue weighted by Crippen LogP contribution is -2.44. The van der Waals surface area contributed by atoms with E-state index in [1.165, 1.54) is 0 Å². The molecular formula is C21H22N2O2. The van der Waals surface area contributed by atoms with Gasteiger partial charge in [0.15, 0.2) is 0 Å². The molecule has 0 radical (unpaired) electrons. The molecule has 1 fully saturated rings. The summed E-state index contributed by atoms with van der Waals surface area (Å²) in [6.45, 7) is 3.25. The highest BCUT2D eigenvalue weighted by molar-refractivity contribution is 6.00. The van der Waals surface area contributed by atoms with E-state index < -0.39 is 5.41 Å². The minimum atomic E-state index is -0.525. The second-order valence-corrected chi connectivity index (χ2v) is 6.77. The number of rotatable bonds is 3. The van der Waals surface area contributed by atoms with Crippen molar-refractivity contribution in [3.05, 3.63) is 65.9 Å². The van der Waals surface area contributed by atoms with Gasteiger partial charge in [0.1, 0.15) is 0 Å². The number of hydrogen-bond acceptors (Lipinski definition) is 2. The molecule has 1 saturated heterocycles. The maximum absolute atomic E-state index is 13.3. The molecule has 4 heteroatoms. The molecule has 0 bridgehead atoms. The van der Waals surface area contributed by atoms with Gasteiger partial charge in [-0.2, -0.15) is 0 Å². The van der Waals surface area contributed by atoms with Gasteiger partial charge in [0.2, 0.25) is 5.91 Å². The molecule has 4 nitrogen and oxygen atoms in total. The van der Waals surface area contributed by atoms with Gasteiger partial charge in [-0.3, -0.25) is 4.79 Å². The first-order chi connectivity index (χ1) is 12.2. The van der Waals surface area contributed by atoms with Gasteiger partial charge in [0.05, 0.1) is 5.41 Å². The molecule has 128 valence electrons. The van der Waals surface area contributed by atoms with Crippen LogP contribution < -0.4 is 5.32 Å². The standard InChI is InChI=1S/C21H22N2O2/c1-15-13-16-14-18(7-8-19(16)22-15)23-20(24)21(9-11-25-12-10-21)17-5-3-2-4-6-17/h2-8,13-14,22H,9-12H2,1H3,(H,23,24). The summed E-state index contributed by atoms with van der Waals surface area (Å²) in [4.78, 5) is 16.6. The summed E-state index contributed by atoms with van der Waals surface area (Å²) in [7, 11) is 0. The normalized spacial score (nSPS) is 16.7. The third-order valence-corrected chi connectivity index (χ3v) is 5.12. The number of nitrogens with one attached hydrogen (secondary N) is 2. The van der Waals surface area contributed by atoms with Gasteiger partial charge in [-0.05, 0) is 49.6 Å². The second kappa shape index (κ2) is 6.37. The Balaban J connectivity index is 1.66. The van der Waals surface area contributed by atoms with Gasteiger partial charge in [0.25, 0.3) is 0 Å². The van der Waals surface area contributed by atoms with Crippen LogP contribution in [0.3, 0.4) is 0 Å². The Morgan fingerprint density at radius 2 is 1.84 bits per heavy atom. The molecule has 2 N–H and O–H groups in total. The molecule has 1 aromatic heterocycles. The van der Waals surface area contributed by atoms with Gasteiger partial charge in [-0.25, -0.2) is 0 Å². The number of aromatic nitrogens is 1. The van der Waals surface area contributed by atoms with Crippen LogP contribution in [0.25, 0.3) is 10.9 Å². The average molecular weight is 334 g/mol. The van der Waals surface area contributed by atoms with Gasteiger partial charge in [0, 0.05) is 35.5 Å². The topological polar surface area (TPSA) is 54.1 Å². The van der Waals surface area contributed by atoms with E-state index in [9.17, 15) is 4.79 Å². The lowest BCUT2D eigenvalue weighted by Gasteiger charge is -2.36. The molecule has 4 rings (SSSR count). The van der Waals surface area contributed by atoms with Crippen LogP contribution in [0.5, 0.6) is 0 Å². The minimum Gasteiger partial charge on any atom is -0.381 e. The minimum absolute atomic E-state index is 0.0496. The maximum Gasteiger partial charge on any atom is 0.235 e. The zero-order valence-corrected chi connectivity index (χ0v) is 14.3. The Morgan fingerprint density at radius 1 is 1.08 bits per heavy atom. The van der Waals surface area contributed by atoms with Crippen molar-refractivity contribution in [1.82, 2.24) is 4.98 Å². The van der Waals surface area contributed by atoms with Crippen LogP contribution in [0.15, 0.2) is 54.6 Å². The third kappa shape index (κ3) is 2.94. The fraction of sp³-hybridized carbons (Fsp3) is 0.286. The Morgan fingerprint density at radius 3 is 2.60 bits per heavy atom. The van der Waals surface area contributed by atoms with Crippen LogP contribution in [-0.2, 0) is 14.9 Å². The molecule has 2 aromatic carbocycles. The zero-order valence-electron chi connectivity index (χ0n) is 14.3. The van der Waals surface area contributed by atoms with Crippen molar-refractivity contribution in [1.29, 1.82) is 0 Å². The number of amides is 1. The molecule has 1 aliphatic rings. The van der Waals surface area contributed by atoms with Crippen LogP contribution >= 0.6 is 0 Å². The highest BCUT2D eigenvalue weighted by Crippen LogP contribution is 2.36. The number of fused-ring (bicyclic) bond motifs is 1. The van der Waals surface area contributed by atoms with E-state index in [1.54, 1.807) is 0 Å². The fourth-order valence-corrected chi connectivity index (χ4v) is 3.73. The van der Waals surface area contributed by atoms with Crippen molar-refractivity contribution in [2.24, 2.45) is 0 Å². The molecule has 1 aliphatic heterocycles. The number of aromatic amines is 1. The molecule has 2 heterocycles. The van der Waals surface area contributed by atoms with Gasteiger partial charge < -0.3 is 15.0 Å².